The highest BCUT2D eigenvalue weighted by Crippen LogP contribution is 2.38. The van der Waals surface area contributed by atoms with Crippen molar-refractivity contribution in [2.45, 2.75) is 38.5 Å². The molecule has 2 nitrogen and oxygen atoms in total. The van der Waals surface area contributed by atoms with Gasteiger partial charge in [-0.05, 0) is 43.4 Å². The fourth-order valence-electron chi connectivity index (χ4n) is 4.59. The number of benzene rings is 2. The second kappa shape index (κ2) is 5.98. The van der Waals surface area contributed by atoms with E-state index in [1.165, 1.54) is 58.8 Å². The van der Waals surface area contributed by atoms with Gasteiger partial charge in [0.1, 0.15) is 18.2 Å². The van der Waals surface area contributed by atoms with Crippen LogP contribution in [-0.4, -0.2) is 0 Å². The summed E-state index contributed by atoms with van der Waals surface area (Å²) in [5, 5.41) is 2.38. The van der Waals surface area contributed by atoms with Gasteiger partial charge in [-0.3, -0.25) is 0 Å². The lowest BCUT2D eigenvalue weighted by atomic mass is 9.96. The summed E-state index contributed by atoms with van der Waals surface area (Å²) < 4.78 is 8.57. The smallest absolute Gasteiger partial charge is 0.216 e. The Balaban J connectivity index is 1.72. The van der Waals surface area contributed by atoms with E-state index in [2.05, 4.69) is 67.2 Å². The molecule has 1 aliphatic rings. The van der Waals surface area contributed by atoms with Crippen LogP contribution in [0.25, 0.3) is 33.2 Å². The zero-order valence-electron chi connectivity index (χ0n) is 15.5. The number of hydrogen-bond donors (Lipinski definition) is 0. The van der Waals surface area contributed by atoms with E-state index in [0.717, 1.165) is 17.1 Å². The standard InChI is InChI=1S/C24H24NO/c1-16-11-13-20-19-9-5-6-10-22(19)26-24(20)23(16)21-14-12-18(15-25(21)2)17-7-3-4-8-17/h5-6,9-15,17H,3-4,7-8H2,1-2H3/q+1. The van der Waals surface area contributed by atoms with E-state index in [9.17, 15) is 0 Å². The number of furan rings is 1. The SMILES string of the molecule is Cc1ccc2c(oc3ccccc32)c1-c1ccc(C2CCCC2)c[n+]1C. The molecule has 2 heterocycles. The van der Waals surface area contributed by atoms with E-state index in [1.54, 1.807) is 0 Å². The largest absolute Gasteiger partial charge is 0.455 e. The van der Waals surface area contributed by atoms with E-state index in [4.69, 9.17) is 4.42 Å². The molecule has 1 fully saturated rings. The summed E-state index contributed by atoms with van der Waals surface area (Å²) in [6, 6.07) is 17.3. The van der Waals surface area contributed by atoms with Gasteiger partial charge in [0.25, 0.3) is 0 Å². The van der Waals surface area contributed by atoms with Gasteiger partial charge in [0.05, 0.1) is 5.56 Å². The highest BCUT2D eigenvalue weighted by Gasteiger charge is 2.23. The normalized spacial score (nSPS) is 15.3. The lowest BCUT2D eigenvalue weighted by Crippen LogP contribution is -2.31. The van der Waals surface area contributed by atoms with Crippen LogP contribution in [0.1, 0.15) is 42.7 Å². The van der Waals surface area contributed by atoms with Crippen molar-refractivity contribution in [3.05, 3.63) is 65.9 Å². The first kappa shape index (κ1) is 15.6. The average Bonchev–Trinajstić information content (AvgIpc) is 3.30. The summed E-state index contributed by atoms with van der Waals surface area (Å²) in [6.07, 6.45) is 7.72. The Morgan fingerprint density at radius 2 is 1.73 bits per heavy atom. The maximum atomic E-state index is 6.29. The molecule has 0 atom stereocenters. The monoisotopic (exact) mass is 342 g/mol. The molecule has 2 aromatic carbocycles. The average molecular weight is 342 g/mol. The summed E-state index contributed by atoms with van der Waals surface area (Å²) in [5.74, 6) is 0.735. The summed E-state index contributed by atoms with van der Waals surface area (Å²) >= 11 is 0. The van der Waals surface area contributed by atoms with Gasteiger partial charge in [-0.25, -0.2) is 4.57 Å². The molecule has 0 amide bonds. The molecule has 0 aliphatic heterocycles. The van der Waals surface area contributed by atoms with Crippen molar-refractivity contribution in [3.63, 3.8) is 0 Å². The number of rotatable bonds is 2. The molecule has 0 N–H and O–H groups in total. The Hall–Kier alpha value is -2.61. The highest BCUT2D eigenvalue weighted by atomic mass is 16.3. The van der Waals surface area contributed by atoms with Gasteiger partial charge in [-0.2, -0.15) is 0 Å². The van der Waals surface area contributed by atoms with Crippen molar-refractivity contribution >= 4 is 21.9 Å². The third kappa shape index (κ3) is 2.36. The number of aromatic nitrogens is 1. The van der Waals surface area contributed by atoms with Crippen LogP contribution in [0.5, 0.6) is 0 Å². The van der Waals surface area contributed by atoms with Gasteiger partial charge in [0.2, 0.25) is 5.69 Å². The van der Waals surface area contributed by atoms with Crippen LogP contribution in [-0.2, 0) is 7.05 Å². The van der Waals surface area contributed by atoms with Gasteiger partial charge < -0.3 is 4.42 Å². The predicted octanol–water partition coefficient (Wildman–Crippen LogP) is 6.04. The summed E-state index contributed by atoms with van der Waals surface area (Å²) in [5.41, 5.74) is 7.10. The van der Waals surface area contributed by atoms with Gasteiger partial charge in [0.15, 0.2) is 6.20 Å². The lowest BCUT2D eigenvalue weighted by Gasteiger charge is -2.10. The van der Waals surface area contributed by atoms with Crippen molar-refractivity contribution in [1.29, 1.82) is 0 Å². The molecule has 1 aliphatic carbocycles. The van der Waals surface area contributed by atoms with Gasteiger partial charge in [-0.15, -0.1) is 0 Å². The molecule has 5 rings (SSSR count). The van der Waals surface area contributed by atoms with E-state index >= 15 is 0 Å². The lowest BCUT2D eigenvalue weighted by molar-refractivity contribution is -0.660. The molecular weight excluding hydrogens is 318 g/mol. The minimum absolute atomic E-state index is 0.735. The van der Waals surface area contributed by atoms with Gasteiger partial charge in [-0.1, -0.05) is 43.2 Å². The fourth-order valence-corrected chi connectivity index (χ4v) is 4.59. The number of nitrogens with zero attached hydrogens (tertiary/aromatic N) is 1. The first-order valence-electron chi connectivity index (χ1n) is 9.63. The molecule has 2 heteroatoms. The molecule has 2 aromatic heterocycles. The fraction of sp³-hybridized carbons (Fsp3) is 0.292. The zero-order chi connectivity index (χ0) is 17.7. The zero-order valence-corrected chi connectivity index (χ0v) is 15.5. The molecule has 0 unspecified atom stereocenters. The summed E-state index contributed by atoms with van der Waals surface area (Å²) in [4.78, 5) is 0. The minimum atomic E-state index is 0.735. The predicted molar refractivity (Wildman–Crippen MR) is 106 cm³/mol. The van der Waals surface area contributed by atoms with Crippen LogP contribution < -0.4 is 4.57 Å². The van der Waals surface area contributed by atoms with Crippen LogP contribution in [0.2, 0.25) is 0 Å². The van der Waals surface area contributed by atoms with Crippen molar-refractivity contribution in [2.75, 3.05) is 0 Å². The van der Waals surface area contributed by atoms with E-state index < -0.39 is 0 Å². The molecule has 26 heavy (non-hydrogen) atoms. The van der Waals surface area contributed by atoms with E-state index in [0.29, 0.717) is 0 Å². The second-order valence-corrected chi connectivity index (χ2v) is 7.67. The molecule has 0 spiro atoms. The molecule has 130 valence electrons. The Morgan fingerprint density at radius 3 is 2.54 bits per heavy atom. The number of aryl methyl sites for hydroxylation is 2. The van der Waals surface area contributed by atoms with Crippen LogP contribution in [0.3, 0.4) is 0 Å². The maximum absolute atomic E-state index is 6.29. The number of hydrogen-bond acceptors (Lipinski definition) is 1. The van der Waals surface area contributed by atoms with Crippen molar-refractivity contribution < 1.29 is 8.98 Å². The topological polar surface area (TPSA) is 17.0 Å². The van der Waals surface area contributed by atoms with Crippen LogP contribution in [0.4, 0.5) is 0 Å². The third-order valence-corrected chi connectivity index (χ3v) is 5.99. The Bertz CT molecular complexity index is 1120. The van der Waals surface area contributed by atoms with Gasteiger partial charge >= 0.3 is 0 Å². The first-order chi connectivity index (χ1) is 12.7. The Labute approximate surface area is 154 Å². The van der Waals surface area contributed by atoms with Crippen molar-refractivity contribution in [2.24, 2.45) is 7.05 Å². The highest BCUT2D eigenvalue weighted by molar-refractivity contribution is 6.09. The Kier molecular flexibility index (Phi) is 3.59. The van der Waals surface area contributed by atoms with Crippen LogP contribution in [0, 0.1) is 6.92 Å². The maximum Gasteiger partial charge on any atom is 0.216 e. The summed E-state index contributed by atoms with van der Waals surface area (Å²) in [6.45, 7) is 2.17. The Morgan fingerprint density at radius 1 is 0.923 bits per heavy atom. The van der Waals surface area contributed by atoms with Crippen LogP contribution in [0.15, 0.2) is 59.1 Å². The molecule has 4 aromatic rings. The molecular formula is C24H24NO+. The number of para-hydroxylation sites is 1. The second-order valence-electron chi connectivity index (χ2n) is 7.67. The quantitative estimate of drug-likeness (QED) is 0.406. The minimum Gasteiger partial charge on any atom is -0.455 e. The molecule has 1 saturated carbocycles. The van der Waals surface area contributed by atoms with Crippen molar-refractivity contribution in [3.8, 4) is 11.3 Å². The summed E-state index contributed by atoms with van der Waals surface area (Å²) in [7, 11) is 2.16. The molecule has 0 saturated heterocycles. The van der Waals surface area contributed by atoms with E-state index in [1.807, 2.05) is 6.07 Å². The van der Waals surface area contributed by atoms with Gasteiger partial charge in [0, 0.05) is 22.4 Å². The number of fused-ring (bicyclic) bond motifs is 3. The number of pyridine rings is 1. The first-order valence-corrected chi connectivity index (χ1v) is 9.63. The molecule has 0 bridgehead atoms. The third-order valence-electron chi connectivity index (χ3n) is 5.99. The van der Waals surface area contributed by atoms with Crippen LogP contribution >= 0.6 is 0 Å². The van der Waals surface area contributed by atoms with E-state index in [-0.39, 0.29) is 0 Å². The van der Waals surface area contributed by atoms with Crippen molar-refractivity contribution in [1.82, 2.24) is 0 Å². The molecule has 0 radical (unpaired) electrons.